The molecule has 0 spiro atoms. The van der Waals surface area contributed by atoms with Gasteiger partial charge in [-0.2, -0.15) is 5.26 Å². The molecule has 0 amide bonds. The van der Waals surface area contributed by atoms with Crippen molar-refractivity contribution in [2.45, 2.75) is 12.8 Å². The van der Waals surface area contributed by atoms with Gasteiger partial charge in [0.1, 0.15) is 4.60 Å². The van der Waals surface area contributed by atoms with Crippen LogP contribution in [0.4, 0.5) is 8.78 Å². The molecule has 2 nitrogen and oxygen atoms in total. The first-order valence-corrected chi connectivity index (χ1v) is 4.73. The molecule has 14 heavy (non-hydrogen) atoms. The van der Waals surface area contributed by atoms with Gasteiger partial charge in [-0.3, -0.25) is 0 Å². The highest BCUT2D eigenvalue weighted by atomic mass is 79.9. The molecule has 1 heterocycles. The van der Waals surface area contributed by atoms with Crippen molar-refractivity contribution in [3.8, 4) is 6.07 Å². The summed E-state index contributed by atoms with van der Waals surface area (Å²) in [6.45, 7) is 0. The Morgan fingerprint density at radius 2 is 2.29 bits per heavy atom. The van der Waals surface area contributed by atoms with Gasteiger partial charge >= 0.3 is 0 Å². The monoisotopic (exact) mass is 280 g/mol. The van der Waals surface area contributed by atoms with Crippen molar-refractivity contribution in [1.29, 1.82) is 5.26 Å². The number of rotatable bonds is 2. The summed E-state index contributed by atoms with van der Waals surface area (Å²) in [7, 11) is 0. The largest absolute Gasteiger partial charge is 0.265 e. The average Bonchev–Trinajstić information content (AvgIpc) is 2.11. The molecule has 0 saturated carbocycles. The van der Waals surface area contributed by atoms with Gasteiger partial charge in [-0.1, -0.05) is 11.6 Å². The molecule has 1 aromatic rings. The van der Waals surface area contributed by atoms with E-state index >= 15 is 0 Å². The lowest BCUT2D eigenvalue weighted by Gasteiger charge is -2.08. The van der Waals surface area contributed by atoms with Crippen molar-refractivity contribution in [2.24, 2.45) is 0 Å². The Labute approximate surface area is 92.6 Å². The van der Waals surface area contributed by atoms with E-state index in [0.29, 0.717) is 0 Å². The summed E-state index contributed by atoms with van der Waals surface area (Å²) in [5.41, 5.74) is -0.161. The van der Waals surface area contributed by atoms with Crippen molar-refractivity contribution in [3.05, 3.63) is 26.9 Å². The van der Waals surface area contributed by atoms with Crippen LogP contribution >= 0.6 is 27.5 Å². The van der Waals surface area contributed by atoms with Crippen LogP contribution in [0.25, 0.3) is 0 Å². The van der Waals surface area contributed by atoms with Crippen molar-refractivity contribution in [3.63, 3.8) is 0 Å². The number of nitriles is 1. The zero-order valence-corrected chi connectivity index (χ0v) is 9.11. The lowest BCUT2D eigenvalue weighted by molar-refractivity contribution is 0.150. The predicted octanol–water partition coefficient (Wildman–Crippen LogP) is 3.50. The van der Waals surface area contributed by atoms with Gasteiger partial charge in [0.15, 0.2) is 0 Å². The Bertz CT molecular complexity index is 390. The standard InChI is InChI=1S/C8H4BrClF2N2/c9-7-6(10)5(8(11)12)4(1-2-13)3-14-7/h3,8H,1H2. The summed E-state index contributed by atoms with van der Waals surface area (Å²) >= 11 is 8.57. The van der Waals surface area contributed by atoms with Gasteiger partial charge in [0.05, 0.1) is 17.5 Å². The molecular formula is C8H4BrClF2N2. The highest BCUT2D eigenvalue weighted by molar-refractivity contribution is 9.10. The molecule has 0 radical (unpaired) electrons. The third kappa shape index (κ3) is 2.20. The number of hydrogen-bond acceptors (Lipinski definition) is 2. The first-order valence-electron chi connectivity index (χ1n) is 3.55. The smallest absolute Gasteiger partial charge is 0.247 e. The van der Waals surface area contributed by atoms with Crippen LogP contribution in [0.2, 0.25) is 5.02 Å². The summed E-state index contributed by atoms with van der Waals surface area (Å²) in [5.74, 6) is 0. The van der Waals surface area contributed by atoms with Crippen LogP contribution in [0.1, 0.15) is 17.6 Å². The lowest BCUT2D eigenvalue weighted by Crippen LogP contribution is -1.97. The molecule has 0 aromatic carbocycles. The van der Waals surface area contributed by atoms with Gasteiger partial charge in [-0.25, -0.2) is 13.8 Å². The Kier molecular flexibility index (Phi) is 3.78. The van der Waals surface area contributed by atoms with E-state index in [1.165, 1.54) is 6.20 Å². The van der Waals surface area contributed by atoms with Crippen molar-refractivity contribution in [1.82, 2.24) is 4.98 Å². The number of aromatic nitrogens is 1. The van der Waals surface area contributed by atoms with Crippen LogP contribution in [0.3, 0.4) is 0 Å². The van der Waals surface area contributed by atoms with Crippen molar-refractivity contribution >= 4 is 27.5 Å². The minimum atomic E-state index is -2.70. The molecule has 0 bridgehead atoms. The maximum atomic E-state index is 12.5. The van der Waals surface area contributed by atoms with Gasteiger partial charge in [0, 0.05) is 11.8 Å². The van der Waals surface area contributed by atoms with Gasteiger partial charge in [0.2, 0.25) is 0 Å². The third-order valence-corrected chi connectivity index (χ3v) is 2.80. The second kappa shape index (κ2) is 4.67. The molecule has 1 rings (SSSR count). The molecule has 1 aromatic heterocycles. The molecule has 0 atom stereocenters. The van der Waals surface area contributed by atoms with Crippen LogP contribution in [-0.4, -0.2) is 4.98 Å². The van der Waals surface area contributed by atoms with Gasteiger partial charge in [-0.15, -0.1) is 0 Å². The SMILES string of the molecule is N#CCc1cnc(Br)c(Cl)c1C(F)F. The highest BCUT2D eigenvalue weighted by Crippen LogP contribution is 2.34. The summed E-state index contributed by atoms with van der Waals surface area (Å²) < 4.78 is 25.3. The first-order chi connectivity index (χ1) is 6.57. The maximum Gasteiger partial charge on any atom is 0.265 e. The van der Waals surface area contributed by atoms with Crippen LogP contribution in [0.5, 0.6) is 0 Å². The Morgan fingerprint density at radius 3 is 2.79 bits per heavy atom. The molecule has 0 aliphatic carbocycles. The number of hydrogen-bond donors (Lipinski definition) is 0. The molecule has 74 valence electrons. The second-order valence-electron chi connectivity index (χ2n) is 2.44. The molecule has 0 aliphatic heterocycles. The number of alkyl halides is 2. The fraction of sp³-hybridized carbons (Fsp3) is 0.250. The summed E-state index contributed by atoms with van der Waals surface area (Å²) in [5, 5.41) is 8.28. The normalized spacial score (nSPS) is 10.3. The zero-order valence-electron chi connectivity index (χ0n) is 6.77. The fourth-order valence-corrected chi connectivity index (χ4v) is 1.54. The Balaban J connectivity index is 3.31. The lowest BCUT2D eigenvalue weighted by atomic mass is 10.1. The molecule has 0 fully saturated rings. The van der Waals surface area contributed by atoms with Crippen molar-refractivity contribution < 1.29 is 8.78 Å². The van der Waals surface area contributed by atoms with Crippen LogP contribution < -0.4 is 0 Å². The summed E-state index contributed by atoms with van der Waals surface area (Å²) in [4.78, 5) is 3.74. The third-order valence-electron chi connectivity index (χ3n) is 1.58. The fourth-order valence-electron chi connectivity index (χ4n) is 0.975. The molecule has 0 saturated heterocycles. The van der Waals surface area contributed by atoms with Crippen LogP contribution in [-0.2, 0) is 6.42 Å². The van der Waals surface area contributed by atoms with E-state index in [-0.39, 0.29) is 27.2 Å². The van der Waals surface area contributed by atoms with E-state index in [1.54, 1.807) is 6.07 Å². The van der Waals surface area contributed by atoms with E-state index in [1.807, 2.05) is 0 Å². The van der Waals surface area contributed by atoms with E-state index in [0.717, 1.165) is 0 Å². The van der Waals surface area contributed by atoms with E-state index < -0.39 is 6.43 Å². The van der Waals surface area contributed by atoms with Crippen molar-refractivity contribution in [2.75, 3.05) is 0 Å². The number of nitrogens with zero attached hydrogens (tertiary/aromatic N) is 2. The first kappa shape index (κ1) is 11.3. The van der Waals surface area contributed by atoms with Gasteiger partial charge < -0.3 is 0 Å². The maximum absolute atomic E-state index is 12.5. The molecular weight excluding hydrogens is 277 g/mol. The van der Waals surface area contributed by atoms with E-state index in [4.69, 9.17) is 16.9 Å². The Morgan fingerprint density at radius 1 is 1.64 bits per heavy atom. The average molecular weight is 281 g/mol. The molecule has 0 aliphatic rings. The minimum Gasteiger partial charge on any atom is -0.247 e. The number of pyridine rings is 1. The van der Waals surface area contributed by atoms with Gasteiger partial charge in [-0.05, 0) is 21.5 Å². The topological polar surface area (TPSA) is 36.7 Å². The predicted molar refractivity (Wildman–Crippen MR) is 51.2 cm³/mol. The van der Waals surface area contributed by atoms with Gasteiger partial charge in [0.25, 0.3) is 6.43 Å². The molecule has 0 unspecified atom stereocenters. The van der Waals surface area contributed by atoms with Crippen LogP contribution in [0, 0.1) is 11.3 Å². The Hall–Kier alpha value is -0.730. The zero-order chi connectivity index (χ0) is 10.7. The summed E-state index contributed by atoms with van der Waals surface area (Å²) in [6.07, 6.45) is -1.61. The second-order valence-corrected chi connectivity index (χ2v) is 3.57. The quantitative estimate of drug-likeness (QED) is 0.778. The van der Waals surface area contributed by atoms with E-state index in [9.17, 15) is 8.78 Å². The summed E-state index contributed by atoms with van der Waals surface area (Å²) in [6, 6.07) is 1.78. The van der Waals surface area contributed by atoms with E-state index in [2.05, 4.69) is 20.9 Å². The molecule has 6 heteroatoms. The molecule has 0 N–H and O–H groups in total. The minimum absolute atomic E-state index is 0.125. The number of halogens is 4. The van der Waals surface area contributed by atoms with Crippen LogP contribution in [0.15, 0.2) is 10.8 Å². The highest BCUT2D eigenvalue weighted by Gasteiger charge is 2.19.